The van der Waals surface area contributed by atoms with Gasteiger partial charge in [-0.3, -0.25) is 9.59 Å². The monoisotopic (exact) mass is 244 g/mol. The van der Waals surface area contributed by atoms with Gasteiger partial charge in [-0.05, 0) is 25.7 Å². The maximum Gasteiger partial charge on any atom is 0.303 e. The minimum absolute atomic E-state index is 0.107. The highest BCUT2D eigenvalue weighted by atomic mass is 16.5. The molecule has 4 heteroatoms. The summed E-state index contributed by atoms with van der Waals surface area (Å²) in [6, 6.07) is 0. The van der Waals surface area contributed by atoms with Gasteiger partial charge in [-0.1, -0.05) is 13.3 Å². The Morgan fingerprint density at radius 2 is 1.94 bits per heavy atom. The number of hydrogen-bond donors (Lipinski definition) is 1. The van der Waals surface area contributed by atoms with Crippen LogP contribution in [0.1, 0.15) is 58.3 Å². The quantitative estimate of drug-likeness (QED) is 0.807. The van der Waals surface area contributed by atoms with Crippen LogP contribution in [0.15, 0.2) is 0 Å². The summed E-state index contributed by atoms with van der Waals surface area (Å²) in [5.41, 5.74) is 0. The molecule has 17 heavy (non-hydrogen) atoms. The molecule has 0 aromatic carbocycles. The van der Waals surface area contributed by atoms with Gasteiger partial charge in [-0.2, -0.15) is 0 Å². The normalized spacial score (nSPS) is 16.9. The van der Waals surface area contributed by atoms with E-state index >= 15 is 0 Å². The Morgan fingerprint density at radius 1 is 1.35 bits per heavy atom. The summed E-state index contributed by atoms with van der Waals surface area (Å²) in [6.45, 7) is 1.98. The van der Waals surface area contributed by atoms with Crippen LogP contribution >= 0.6 is 0 Å². The summed E-state index contributed by atoms with van der Waals surface area (Å²) >= 11 is 0. The molecule has 0 aromatic rings. The van der Waals surface area contributed by atoms with Crippen LogP contribution in [0.3, 0.4) is 0 Å². The fourth-order valence-electron chi connectivity index (χ4n) is 1.72. The first kappa shape index (κ1) is 16.1. The van der Waals surface area contributed by atoms with Gasteiger partial charge in [0, 0.05) is 26.4 Å². The van der Waals surface area contributed by atoms with E-state index in [-0.39, 0.29) is 12.5 Å². The minimum atomic E-state index is -0.754. The van der Waals surface area contributed by atoms with E-state index in [2.05, 4.69) is 0 Å². The van der Waals surface area contributed by atoms with Crippen LogP contribution in [0, 0.1) is 0 Å². The molecule has 1 rings (SSSR count). The number of carboxylic acid groups (broad SMARTS) is 1. The average Bonchev–Trinajstić information content (AvgIpc) is 2.32. The number of ketones is 1. The lowest BCUT2D eigenvalue weighted by molar-refractivity contribution is -0.137. The number of carboxylic acids is 1. The van der Waals surface area contributed by atoms with Crippen LogP contribution in [-0.4, -0.2) is 30.1 Å². The van der Waals surface area contributed by atoms with E-state index in [9.17, 15) is 9.59 Å². The second-order valence-corrected chi connectivity index (χ2v) is 4.30. The molecule has 0 radical (unpaired) electrons. The predicted octanol–water partition coefficient (Wildman–Crippen LogP) is 2.80. The Labute approximate surface area is 103 Å². The van der Waals surface area contributed by atoms with Crippen molar-refractivity contribution in [2.75, 3.05) is 7.11 Å². The molecule has 100 valence electrons. The van der Waals surface area contributed by atoms with Crippen molar-refractivity contribution in [2.45, 2.75) is 64.4 Å². The Hall–Kier alpha value is -0.900. The fourth-order valence-corrected chi connectivity index (χ4v) is 1.72. The second kappa shape index (κ2) is 10.3. The molecule has 1 atom stereocenters. The van der Waals surface area contributed by atoms with Crippen LogP contribution in [0.25, 0.3) is 0 Å². The summed E-state index contributed by atoms with van der Waals surface area (Å²) in [5.74, 6) is -0.290. The van der Waals surface area contributed by atoms with E-state index in [0.717, 1.165) is 32.1 Å². The van der Waals surface area contributed by atoms with Crippen molar-refractivity contribution < 1.29 is 19.4 Å². The van der Waals surface area contributed by atoms with Crippen molar-refractivity contribution >= 4 is 11.8 Å². The van der Waals surface area contributed by atoms with Crippen LogP contribution < -0.4 is 0 Å². The molecule has 0 saturated heterocycles. The van der Waals surface area contributed by atoms with Crippen molar-refractivity contribution in [3.05, 3.63) is 0 Å². The summed E-state index contributed by atoms with van der Waals surface area (Å²) in [7, 11) is 1.61. The molecule has 1 saturated carbocycles. The first-order valence-corrected chi connectivity index (χ1v) is 6.36. The van der Waals surface area contributed by atoms with Gasteiger partial charge in [0.25, 0.3) is 0 Å². The van der Waals surface area contributed by atoms with E-state index < -0.39 is 5.97 Å². The predicted molar refractivity (Wildman–Crippen MR) is 66.0 cm³/mol. The molecule has 4 nitrogen and oxygen atoms in total. The molecule has 1 aliphatic carbocycles. The Morgan fingerprint density at radius 3 is 2.24 bits per heavy atom. The van der Waals surface area contributed by atoms with E-state index in [1.165, 1.54) is 6.42 Å². The van der Waals surface area contributed by atoms with E-state index in [1.807, 2.05) is 6.92 Å². The van der Waals surface area contributed by atoms with Gasteiger partial charge in [0.05, 0.1) is 6.10 Å². The Bertz CT molecular complexity index is 213. The number of aliphatic carboxylic acids is 1. The van der Waals surface area contributed by atoms with Gasteiger partial charge in [0.2, 0.25) is 0 Å². The third-order valence-electron chi connectivity index (χ3n) is 2.88. The zero-order chi connectivity index (χ0) is 13.1. The zero-order valence-electron chi connectivity index (χ0n) is 10.9. The first-order chi connectivity index (χ1) is 8.10. The SMILES string of the molecule is CCC(CCC(=O)O)OC.O=C1CCCCC1. The minimum Gasteiger partial charge on any atom is -0.481 e. The first-order valence-electron chi connectivity index (χ1n) is 6.36. The highest BCUT2D eigenvalue weighted by Gasteiger charge is 2.06. The molecule has 1 fully saturated rings. The van der Waals surface area contributed by atoms with E-state index in [1.54, 1.807) is 7.11 Å². The number of rotatable bonds is 5. The molecule has 1 unspecified atom stereocenters. The third kappa shape index (κ3) is 10.00. The smallest absolute Gasteiger partial charge is 0.303 e. The zero-order valence-corrected chi connectivity index (χ0v) is 10.9. The molecular formula is C13H24O4. The number of hydrogen-bond acceptors (Lipinski definition) is 3. The second-order valence-electron chi connectivity index (χ2n) is 4.30. The van der Waals surface area contributed by atoms with Crippen molar-refractivity contribution in [1.82, 2.24) is 0 Å². The summed E-state index contributed by atoms with van der Waals surface area (Å²) in [4.78, 5) is 20.5. The van der Waals surface area contributed by atoms with Crippen molar-refractivity contribution in [2.24, 2.45) is 0 Å². The summed E-state index contributed by atoms with van der Waals surface area (Å²) < 4.78 is 4.99. The molecule has 0 aromatic heterocycles. The molecule has 0 spiro atoms. The number of carbonyl (C=O) groups excluding carboxylic acids is 1. The van der Waals surface area contributed by atoms with Gasteiger partial charge >= 0.3 is 5.97 Å². The molecule has 1 aliphatic rings. The number of carbonyl (C=O) groups is 2. The molecule has 0 aliphatic heterocycles. The maximum atomic E-state index is 10.5. The lowest BCUT2D eigenvalue weighted by Crippen LogP contribution is -2.10. The third-order valence-corrected chi connectivity index (χ3v) is 2.88. The van der Waals surface area contributed by atoms with Crippen LogP contribution in [0.5, 0.6) is 0 Å². The standard InChI is InChI=1S/C7H14O3.C6H10O/c1-3-6(10-2)4-5-7(8)9;7-6-4-2-1-3-5-6/h6H,3-5H2,1-2H3,(H,8,9);1-5H2. The number of Topliss-reactive ketones (excluding diaryl/α,β-unsaturated/α-hetero) is 1. The molecule has 1 N–H and O–H groups in total. The summed E-state index contributed by atoms with van der Waals surface area (Å²) in [6.07, 6.45) is 7.04. The van der Waals surface area contributed by atoms with E-state index in [4.69, 9.17) is 9.84 Å². The fraction of sp³-hybridized carbons (Fsp3) is 0.846. The van der Waals surface area contributed by atoms with Crippen LogP contribution in [0.2, 0.25) is 0 Å². The topological polar surface area (TPSA) is 63.6 Å². The van der Waals surface area contributed by atoms with Crippen molar-refractivity contribution in [3.8, 4) is 0 Å². The largest absolute Gasteiger partial charge is 0.481 e. The highest BCUT2D eigenvalue weighted by Crippen LogP contribution is 2.12. The molecule has 0 bridgehead atoms. The number of ether oxygens (including phenoxy) is 1. The van der Waals surface area contributed by atoms with Gasteiger partial charge in [-0.25, -0.2) is 0 Å². The van der Waals surface area contributed by atoms with Crippen LogP contribution in [0.4, 0.5) is 0 Å². The molecular weight excluding hydrogens is 220 g/mol. The molecule has 0 heterocycles. The maximum absolute atomic E-state index is 10.5. The van der Waals surface area contributed by atoms with Crippen molar-refractivity contribution in [3.63, 3.8) is 0 Å². The lowest BCUT2D eigenvalue weighted by Gasteiger charge is -2.09. The lowest BCUT2D eigenvalue weighted by atomic mass is 10.00. The molecule has 0 amide bonds. The van der Waals surface area contributed by atoms with E-state index in [0.29, 0.717) is 12.2 Å². The Kier molecular flexibility index (Phi) is 9.72. The van der Waals surface area contributed by atoms with Crippen molar-refractivity contribution in [1.29, 1.82) is 0 Å². The van der Waals surface area contributed by atoms with Gasteiger partial charge < -0.3 is 9.84 Å². The highest BCUT2D eigenvalue weighted by molar-refractivity contribution is 5.78. The average molecular weight is 244 g/mol. The van der Waals surface area contributed by atoms with Gasteiger partial charge in [-0.15, -0.1) is 0 Å². The summed E-state index contributed by atoms with van der Waals surface area (Å²) in [5, 5.41) is 8.30. The van der Waals surface area contributed by atoms with Crippen LogP contribution in [-0.2, 0) is 14.3 Å². The number of methoxy groups -OCH3 is 1. The Balaban J connectivity index is 0.000000318. The van der Waals surface area contributed by atoms with Gasteiger partial charge in [0.15, 0.2) is 0 Å². The van der Waals surface area contributed by atoms with Gasteiger partial charge in [0.1, 0.15) is 5.78 Å².